The summed E-state index contributed by atoms with van der Waals surface area (Å²) in [5.74, 6) is 0.694. The molecule has 1 saturated heterocycles. The number of nitrogens with zero attached hydrogens (tertiary/aromatic N) is 6. The molecule has 2 aromatic heterocycles. The molecule has 3 amide bonds. The van der Waals surface area contributed by atoms with E-state index < -0.39 is 5.60 Å². The number of carboxylic acid groups (broad SMARTS) is 1. The van der Waals surface area contributed by atoms with Crippen LogP contribution in [-0.2, 0) is 23.0 Å². The lowest BCUT2D eigenvalue weighted by atomic mass is 10.1. The number of fused-ring (bicyclic) bond motifs is 2. The summed E-state index contributed by atoms with van der Waals surface area (Å²) in [6.45, 7) is 10.5. The fraction of sp³-hybridized carbons (Fsp3) is 0.444. The van der Waals surface area contributed by atoms with E-state index >= 15 is 0 Å². The summed E-state index contributed by atoms with van der Waals surface area (Å²) in [6.07, 6.45) is 4.15. The molecule has 12 nitrogen and oxygen atoms in total. The number of carbonyl (C=O) groups excluding carboxylic acids is 2. The molecule has 12 heteroatoms. The van der Waals surface area contributed by atoms with E-state index in [9.17, 15) is 9.59 Å². The van der Waals surface area contributed by atoms with Gasteiger partial charge in [-0.2, -0.15) is 5.10 Å². The Labute approximate surface area is 227 Å². The molecular weight excluding hydrogens is 502 g/mol. The number of carbonyl (C=O) groups is 3. The van der Waals surface area contributed by atoms with Crippen molar-refractivity contribution in [2.24, 2.45) is 7.05 Å². The van der Waals surface area contributed by atoms with Crippen molar-refractivity contribution in [2.45, 2.75) is 39.7 Å². The van der Waals surface area contributed by atoms with E-state index in [1.165, 1.54) is 0 Å². The van der Waals surface area contributed by atoms with Crippen molar-refractivity contribution in [3.05, 3.63) is 41.7 Å². The number of aromatic nitrogens is 3. The topological polar surface area (TPSA) is 133 Å². The third kappa shape index (κ3) is 6.21. The molecule has 1 fully saturated rings. The molecule has 2 aliphatic rings. The molecule has 0 unspecified atom stereocenters. The first-order valence-electron chi connectivity index (χ1n) is 12.8. The highest BCUT2D eigenvalue weighted by atomic mass is 16.6. The fourth-order valence-electron chi connectivity index (χ4n) is 4.84. The van der Waals surface area contributed by atoms with Crippen LogP contribution in [0.5, 0.6) is 0 Å². The van der Waals surface area contributed by atoms with Crippen LogP contribution in [0.3, 0.4) is 0 Å². The number of ether oxygens (including phenoxy) is 1. The zero-order valence-corrected chi connectivity index (χ0v) is 23.0. The molecule has 39 heavy (non-hydrogen) atoms. The van der Waals surface area contributed by atoms with Crippen LogP contribution in [0, 0.1) is 6.92 Å². The van der Waals surface area contributed by atoms with Gasteiger partial charge < -0.3 is 25.0 Å². The van der Waals surface area contributed by atoms with Crippen molar-refractivity contribution >= 4 is 46.7 Å². The number of anilines is 3. The molecule has 2 N–H and O–H groups in total. The van der Waals surface area contributed by atoms with Gasteiger partial charge in [0, 0.05) is 74.5 Å². The second kappa shape index (κ2) is 11.2. The first-order chi connectivity index (χ1) is 18.5. The minimum absolute atomic E-state index is 0.195. The van der Waals surface area contributed by atoms with Crippen molar-refractivity contribution < 1.29 is 24.2 Å². The van der Waals surface area contributed by atoms with Gasteiger partial charge in [0.25, 0.3) is 6.47 Å². The summed E-state index contributed by atoms with van der Waals surface area (Å²) in [7, 11) is 1.88. The number of rotatable bonds is 2. The van der Waals surface area contributed by atoms with Gasteiger partial charge in [0.1, 0.15) is 11.4 Å². The van der Waals surface area contributed by atoms with E-state index in [1.54, 1.807) is 20.7 Å². The van der Waals surface area contributed by atoms with Gasteiger partial charge in [-0.15, -0.1) is 0 Å². The molecule has 0 aliphatic carbocycles. The Morgan fingerprint density at radius 2 is 1.82 bits per heavy atom. The number of benzene rings is 1. The summed E-state index contributed by atoms with van der Waals surface area (Å²) in [4.78, 5) is 44.4. The smallest absolute Gasteiger partial charge is 0.410 e. The maximum Gasteiger partial charge on any atom is 0.410 e. The molecule has 5 rings (SSSR count). The van der Waals surface area contributed by atoms with Crippen molar-refractivity contribution in [1.29, 1.82) is 0 Å². The number of pyridine rings is 1. The van der Waals surface area contributed by atoms with Gasteiger partial charge >= 0.3 is 12.1 Å². The minimum Gasteiger partial charge on any atom is -0.483 e. The molecule has 1 aromatic carbocycles. The second-order valence-electron chi connectivity index (χ2n) is 10.6. The first-order valence-corrected chi connectivity index (χ1v) is 12.8. The predicted molar refractivity (Wildman–Crippen MR) is 148 cm³/mol. The van der Waals surface area contributed by atoms with Crippen LogP contribution in [0.1, 0.15) is 31.9 Å². The van der Waals surface area contributed by atoms with Crippen molar-refractivity contribution in [2.75, 3.05) is 47.8 Å². The molecule has 4 heterocycles. The lowest BCUT2D eigenvalue weighted by Crippen LogP contribution is -2.50. The van der Waals surface area contributed by atoms with Gasteiger partial charge in [0.15, 0.2) is 0 Å². The number of hydrogen-bond donors (Lipinski definition) is 2. The number of nitrogens with one attached hydrogen (secondary N) is 1. The second-order valence-corrected chi connectivity index (χ2v) is 10.6. The maximum absolute atomic E-state index is 13.3. The van der Waals surface area contributed by atoms with Gasteiger partial charge in [-0.3, -0.25) is 14.4 Å². The highest BCUT2D eigenvalue weighted by molar-refractivity contribution is 6.04. The van der Waals surface area contributed by atoms with E-state index in [4.69, 9.17) is 14.6 Å². The number of aryl methyl sites for hydroxylation is 2. The predicted octanol–water partition coefficient (Wildman–Crippen LogP) is 3.63. The van der Waals surface area contributed by atoms with E-state index in [1.807, 2.05) is 59.1 Å². The van der Waals surface area contributed by atoms with Gasteiger partial charge in [0.05, 0.1) is 5.52 Å². The highest BCUT2D eigenvalue weighted by Gasteiger charge is 2.32. The van der Waals surface area contributed by atoms with Crippen molar-refractivity contribution in [1.82, 2.24) is 19.7 Å². The van der Waals surface area contributed by atoms with Crippen molar-refractivity contribution in [3.8, 4) is 0 Å². The van der Waals surface area contributed by atoms with E-state index in [0.29, 0.717) is 38.5 Å². The Morgan fingerprint density at radius 3 is 2.49 bits per heavy atom. The zero-order chi connectivity index (χ0) is 28.3. The molecule has 0 bridgehead atoms. The Kier molecular flexibility index (Phi) is 7.93. The van der Waals surface area contributed by atoms with Crippen LogP contribution < -0.4 is 15.1 Å². The van der Waals surface area contributed by atoms with Crippen LogP contribution in [0.25, 0.3) is 10.9 Å². The van der Waals surface area contributed by atoms with E-state index in [-0.39, 0.29) is 18.6 Å². The van der Waals surface area contributed by atoms with Crippen molar-refractivity contribution in [3.63, 3.8) is 0 Å². The summed E-state index contributed by atoms with van der Waals surface area (Å²) in [5, 5.41) is 15.4. The lowest BCUT2D eigenvalue weighted by Gasteiger charge is -2.37. The largest absolute Gasteiger partial charge is 0.483 e. The Bertz CT molecular complexity index is 1370. The summed E-state index contributed by atoms with van der Waals surface area (Å²) in [6, 6.07) is 5.75. The standard InChI is InChI=1S/C26H33N7O3.CH2O2/c1-17-14-21-18(16-30(5)29-21)15-20(17)28-24(34)33-9-7-19-22(6-8-27-23(19)33)31-10-12-32(13-11-31)25(35)36-26(2,3)4;2-1-3/h6,8,14-16H,7,9-13H2,1-5H3,(H,28,34);1H,(H,2,3). The fourth-order valence-corrected chi connectivity index (χ4v) is 4.84. The molecule has 0 spiro atoms. The maximum atomic E-state index is 13.3. The normalized spacial score (nSPS) is 14.9. The molecule has 2 aliphatic heterocycles. The van der Waals surface area contributed by atoms with E-state index in [2.05, 4.69) is 20.3 Å². The van der Waals surface area contributed by atoms with Gasteiger partial charge in [-0.25, -0.2) is 14.6 Å². The zero-order valence-electron chi connectivity index (χ0n) is 23.0. The summed E-state index contributed by atoms with van der Waals surface area (Å²) >= 11 is 0. The molecule has 0 saturated carbocycles. The lowest BCUT2D eigenvalue weighted by molar-refractivity contribution is -0.122. The van der Waals surface area contributed by atoms with Crippen LogP contribution >= 0.6 is 0 Å². The van der Waals surface area contributed by atoms with Crippen LogP contribution in [-0.4, -0.2) is 81.7 Å². The van der Waals surface area contributed by atoms with Gasteiger partial charge in [-0.05, 0) is 57.9 Å². The Balaban J connectivity index is 0.00000112. The molecule has 0 atom stereocenters. The van der Waals surface area contributed by atoms with Crippen LogP contribution in [0.2, 0.25) is 0 Å². The number of urea groups is 1. The van der Waals surface area contributed by atoms with Crippen LogP contribution in [0.4, 0.5) is 26.8 Å². The van der Waals surface area contributed by atoms with E-state index in [0.717, 1.165) is 39.8 Å². The molecule has 208 valence electrons. The molecule has 0 radical (unpaired) electrons. The quantitative estimate of drug-likeness (QED) is 0.474. The Hall–Kier alpha value is -4.35. The molecule has 3 aromatic rings. The average molecular weight is 538 g/mol. The monoisotopic (exact) mass is 537 g/mol. The minimum atomic E-state index is -0.507. The summed E-state index contributed by atoms with van der Waals surface area (Å²) in [5.41, 5.74) is 4.26. The molecular formula is C27H35N7O5. The third-order valence-electron chi connectivity index (χ3n) is 6.57. The number of amides is 3. The average Bonchev–Trinajstić information content (AvgIpc) is 3.46. The third-order valence-corrected chi connectivity index (χ3v) is 6.57. The highest BCUT2D eigenvalue weighted by Crippen LogP contribution is 2.35. The SMILES string of the molecule is Cc1cc2nn(C)cc2cc1NC(=O)N1CCc2c(N3CCN(C(=O)OC(C)(C)C)CC3)ccnc21.O=CO. The Morgan fingerprint density at radius 1 is 1.13 bits per heavy atom. The van der Waals surface area contributed by atoms with Gasteiger partial charge in [-0.1, -0.05) is 0 Å². The van der Waals surface area contributed by atoms with Crippen LogP contribution in [0.15, 0.2) is 30.6 Å². The number of piperazine rings is 1. The number of hydrogen-bond acceptors (Lipinski definition) is 7. The first kappa shape index (κ1) is 27.7. The van der Waals surface area contributed by atoms with Gasteiger partial charge in [0.2, 0.25) is 0 Å². The summed E-state index contributed by atoms with van der Waals surface area (Å²) < 4.78 is 7.29.